The summed E-state index contributed by atoms with van der Waals surface area (Å²) in [6, 6.07) is 19.8. The molecule has 0 radical (unpaired) electrons. The minimum atomic E-state index is 0.419. The number of ether oxygens (including phenoxy) is 1. The number of hydrogen-bond acceptors (Lipinski definition) is 4. The largest absolute Gasteiger partial charge is 0.489 e. The Bertz CT molecular complexity index is 978. The molecule has 2 aromatic carbocycles. The highest BCUT2D eigenvalue weighted by Crippen LogP contribution is 2.23. The van der Waals surface area contributed by atoms with E-state index in [-0.39, 0.29) is 0 Å². The van der Waals surface area contributed by atoms with Crippen LogP contribution in [0.25, 0.3) is 11.3 Å². The molecule has 0 saturated carbocycles. The van der Waals surface area contributed by atoms with Crippen molar-refractivity contribution < 1.29 is 9.26 Å². The van der Waals surface area contributed by atoms with Crippen molar-refractivity contribution in [3.05, 3.63) is 89.7 Å². The van der Waals surface area contributed by atoms with Crippen LogP contribution >= 0.6 is 11.6 Å². The molecule has 130 valence electrons. The quantitative estimate of drug-likeness (QED) is 0.491. The Morgan fingerprint density at radius 3 is 2.58 bits per heavy atom. The second kappa shape index (κ2) is 7.45. The zero-order chi connectivity index (χ0) is 17.8. The maximum absolute atomic E-state index is 5.98. The van der Waals surface area contributed by atoms with Gasteiger partial charge in [-0.15, -0.1) is 0 Å². The van der Waals surface area contributed by atoms with Gasteiger partial charge in [-0.2, -0.15) is 0 Å². The highest BCUT2D eigenvalue weighted by molar-refractivity contribution is 6.28. The lowest BCUT2D eigenvalue weighted by Crippen LogP contribution is -1.96. The maximum atomic E-state index is 5.98. The summed E-state index contributed by atoms with van der Waals surface area (Å²) in [5.41, 5.74) is 2.87. The summed E-state index contributed by atoms with van der Waals surface area (Å²) in [5, 5.41) is 4.55. The lowest BCUT2D eigenvalue weighted by atomic mass is 10.1. The fraction of sp³-hybridized carbons (Fsp3) is 0.100. The minimum absolute atomic E-state index is 0.419. The van der Waals surface area contributed by atoms with Crippen molar-refractivity contribution in [1.82, 2.24) is 14.7 Å². The van der Waals surface area contributed by atoms with Crippen molar-refractivity contribution >= 4 is 11.6 Å². The molecule has 0 spiro atoms. The van der Waals surface area contributed by atoms with Crippen LogP contribution in [0.15, 0.2) is 77.6 Å². The Labute approximate surface area is 155 Å². The molecule has 0 aliphatic rings. The summed E-state index contributed by atoms with van der Waals surface area (Å²) in [7, 11) is 0. The van der Waals surface area contributed by atoms with Gasteiger partial charge in [0.15, 0.2) is 5.76 Å². The summed E-state index contributed by atoms with van der Waals surface area (Å²) >= 11 is 5.98. The summed E-state index contributed by atoms with van der Waals surface area (Å²) in [6.07, 6.45) is 3.44. The number of rotatable bonds is 6. The van der Waals surface area contributed by atoms with Crippen molar-refractivity contribution in [3.63, 3.8) is 0 Å². The van der Waals surface area contributed by atoms with Crippen LogP contribution in [0.2, 0.25) is 5.28 Å². The topological polar surface area (TPSA) is 53.1 Å². The van der Waals surface area contributed by atoms with E-state index in [1.165, 1.54) is 0 Å². The molecule has 26 heavy (non-hydrogen) atoms. The van der Waals surface area contributed by atoms with E-state index in [1.54, 1.807) is 17.0 Å². The molecule has 0 bridgehead atoms. The van der Waals surface area contributed by atoms with Gasteiger partial charge in [0.25, 0.3) is 0 Å². The van der Waals surface area contributed by atoms with E-state index in [2.05, 4.69) is 10.1 Å². The van der Waals surface area contributed by atoms with Gasteiger partial charge in [0.1, 0.15) is 18.1 Å². The van der Waals surface area contributed by atoms with Gasteiger partial charge in [0.05, 0.1) is 6.54 Å². The molecule has 0 N–H and O–H groups in total. The Hall–Kier alpha value is -3.05. The third-order valence-corrected chi connectivity index (χ3v) is 4.26. The van der Waals surface area contributed by atoms with Gasteiger partial charge >= 0.3 is 0 Å². The van der Waals surface area contributed by atoms with Crippen LogP contribution in [-0.2, 0) is 13.2 Å². The normalized spacial score (nSPS) is 10.8. The zero-order valence-electron chi connectivity index (χ0n) is 13.9. The molecule has 0 fully saturated rings. The molecular weight excluding hydrogens is 350 g/mol. The molecule has 0 unspecified atom stereocenters. The zero-order valence-corrected chi connectivity index (χ0v) is 14.6. The summed E-state index contributed by atoms with van der Waals surface area (Å²) in [4.78, 5) is 3.98. The van der Waals surface area contributed by atoms with Gasteiger partial charge in [0, 0.05) is 24.0 Å². The monoisotopic (exact) mass is 365 g/mol. The molecule has 6 heteroatoms. The third-order valence-electron chi connectivity index (χ3n) is 3.95. The Balaban J connectivity index is 1.41. The fourth-order valence-electron chi connectivity index (χ4n) is 2.58. The first-order valence-electron chi connectivity index (χ1n) is 8.17. The number of aromatic nitrogens is 3. The molecule has 0 aliphatic heterocycles. The summed E-state index contributed by atoms with van der Waals surface area (Å²) < 4.78 is 13.0. The van der Waals surface area contributed by atoms with E-state index in [0.717, 1.165) is 22.6 Å². The van der Waals surface area contributed by atoms with Gasteiger partial charge < -0.3 is 13.8 Å². The standard InChI is InChI=1S/C20H16ClN3O2/c21-20-22-10-11-24(20)13-18-12-19(23-26-18)16-6-8-17(9-7-16)25-14-15-4-2-1-3-5-15/h1-12H,13-14H2. The first kappa shape index (κ1) is 16.4. The van der Waals surface area contributed by atoms with Crippen LogP contribution in [0.3, 0.4) is 0 Å². The van der Waals surface area contributed by atoms with Crippen LogP contribution in [0.1, 0.15) is 11.3 Å². The van der Waals surface area contributed by atoms with Crippen molar-refractivity contribution in [3.8, 4) is 17.0 Å². The molecular formula is C20H16ClN3O2. The highest BCUT2D eigenvalue weighted by atomic mass is 35.5. The molecule has 0 amide bonds. The van der Waals surface area contributed by atoms with Crippen LogP contribution in [0.4, 0.5) is 0 Å². The number of benzene rings is 2. The van der Waals surface area contributed by atoms with Gasteiger partial charge in [0.2, 0.25) is 5.28 Å². The van der Waals surface area contributed by atoms with Crippen molar-refractivity contribution in [1.29, 1.82) is 0 Å². The summed E-state index contributed by atoms with van der Waals surface area (Å²) in [5.74, 6) is 1.52. The average Bonchev–Trinajstić information content (AvgIpc) is 3.31. The van der Waals surface area contributed by atoms with Crippen LogP contribution in [0, 0.1) is 0 Å². The molecule has 2 aromatic heterocycles. The number of hydrogen-bond donors (Lipinski definition) is 0. The second-order valence-electron chi connectivity index (χ2n) is 5.80. The van der Waals surface area contributed by atoms with Crippen LogP contribution in [0.5, 0.6) is 5.75 Å². The number of halogens is 1. The predicted octanol–water partition coefficient (Wildman–Crippen LogP) is 4.82. The Morgan fingerprint density at radius 1 is 1.04 bits per heavy atom. The molecule has 0 atom stereocenters. The molecule has 2 heterocycles. The van der Waals surface area contributed by atoms with E-state index in [4.69, 9.17) is 20.9 Å². The van der Waals surface area contributed by atoms with Crippen molar-refractivity contribution in [2.75, 3.05) is 0 Å². The third kappa shape index (κ3) is 3.78. The van der Waals surface area contributed by atoms with E-state index in [9.17, 15) is 0 Å². The lowest BCUT2D eigenvalue weighted by Gasteiger charge is -2.06. The van der Waals surface area contributed by atoms with E-state index in [1.807, 2.05) is 60.7 Å². The van der Waals surface area contributed by atoms with Gasteiger partial charge in [-0.05, 0) is 41.4 Å². The van der Waals surface area contributed by atoms with E-state index >= 15 is 0 Å². The first-order chi connectivity index (χ1) is 12.8. The Morgan fingerprint density at radius 2 is 1.85 bits per heavy atom. The first-order valence-corrected chi connectivity index (χ1v) is 8.55. The Kier molecular flexibility index (Phi) is 4.71. The van der Waals surface area contributed by atoms with Crippen LogP contribution < -0.4 is 4.74 Å². The van der Waals surface area contributed by atoms with Gasteiger partial charge in [-0.3, -0.25) is 0 Å². The second-order valence-corrected chi connectivity index (χ2v) is 6.14. The fourth-order valence-corrected chi connectivity index (χ4v) is 2.76. The van der Waals surface area contributed by atoms with Crippen LogP contribution in [-0.4, -0.2) is 14.7 Å². The van der Waals surface area contributed by atoms with E-state index < -0.39 is 0 Å². The molecule has 5 nitrogen and oxygen atoms in total. The van der Waals surface area contributed by atoms with Gasteiger partial charge in [-0.25, -0.2) is 4.98 Å². The highest BCUT2D eigenvalue weighted by Gasteiger charge is 2.09. The van der Waals surface area contributed by atoms with Gasteiger partial charge in [-0.1, -0.05) is 35.5 Å². The lowest BCUT2D eigenvalue weighted by molar-refractivity contribution is 0.306. The summed E-state index contributed by atoms with van der Waals surface area (Å²) in [6.45, 7) is 1.03. The molecule has 0 saturated heterocycles. The maximum Gasteiger partial charge on any atom is 0.203 e. The SMILES string of the molecule is Clc1nccn1Cc1cc(-c2ccc(OCc3ccccc3)cc2)no1. The molecule has 0 aliphatic carbocycles. The van der Waals surface area contributed by atoms with Crippen molar-refractivity contribution in [2.24, 2.45) is 0 Å². The molecule has 4 rings (SSSR count). The minimum Gasteiger partial charge on any atom is -0.489 e. The number of imidazole rings is 1. The predicted molar refractivity (Wildman–Crippen MR) is 99.1 cm³/mol. The average molecular weight is 366 g/mol. The van der Waals surface area contributed by atoms with E-state index in [0.29, 0.717) is 24.2 Å². The number of nitrogens with zero attached hydrogens (tertiary/aromatic N) is 3. The van der Waals surface area contributed by atoms with Crippen molar-refractivity contribution in [2.45, 2.75) is 13.2 Å². The smallest absolute Gasteiger partial charge is 0.203 e. The molecule has 4 aromatic rings.